The minimum atomic E-state index is -2.89. The molecule has 1 aliphatic carbocycles. The van der Waals surface area contributed by atoms with Gasteiger partial charge in [0.1, 0.15) is 0 Å². The second-order valence-corrected chi connectivity index (χ2v) is 4.72. The van der Waals surface area contributed by atoms with Crippen LogP contribution >= 0.6 is 0 Å². The number of aliphatic hydroxyl groups is 1. The van der Waals surface area contributed by atoms with Gasteiger partial charge in [-0.05, 0) is 19.3 Å². The lowest BCUT2D eigenvalue weighted by Gasteiger charge is -2.42. The first-order valence-corrected chi connectivity index (χ1v) is 5.87. The molecule has 0 bridgehead atoms. The zero-order valence-electron chi connectivity index (χ0n) is 9.63. The van der Waals surface area contributed by atoms with E-state index in [9.17, 15) is 13.9 Å². The Labute approximate surface area is 99.7 Å². The summed E-state index contributed by atoms with van der Waals surface area (Å²) in [5.41, 5.74) is -0.460. The van der Waals surface area contributed by atoms with Crippen LogP contribution in [0.25, 0.3) is 0 Å². The number of nitrogens with one attached hydrogen (secondary N) is 1. The van der Waals surface area contributed by atoms with Gasteiger partial charge in [0.2, 0.25) is 0 Å². The largest absolute Gasteiger partial charge is 0.394 e. The van der Waals surface area contributed by atoms with Gasteiger partial charge in [-0.15, -0.1) is 0 Å². The van der Waals surface area contributed by atoms with Gasteiger partial charge in [0.05, 0.1) is 13.2 Å². The van der Waals surface area contributed by atoms with Crippen molar-refractivity contribution < 1.29 is 13.9 Å². The normalized spacial score (nSPS) is 18.8. The van der Waals surface area contributed by atoms with E-state index in [-0.39, 0.29) is 12.2 Å². The van der Waals surface area contributed by atoms with Gasteiger partial charge >= 0.3 is 0 Å². The number of halogens is 2. The lowest BCUT2D eigenvalue weighted by molar-refractivity contribution is -0.0248. The molecule has 1 fully saturated rings. The van der Waals surface area contributed by atoms with Crippen LogP contribution in [0.4, 0.5) is 8.78 Å². The first kappa shape index (κ1) is 12.5. The summed E-state index contributed by atoms with van der Waals surface area (Å²) < 4.78 is 27.7. The molecular weight excluding hydrogens is 224 g/mol. The molecule has 17 heavy (non-hydrogen) atoms. The van der Waals surface area contributed by atoms with E-state index in [4.69, 9.17) is 0 Å². The van der Waals surface area contributed by atoms with Crippen LogP contribution in [-0.4, -0.2) is 23.8 Å². The predicted octanol–water partition coefficient (Wildman–Crippen LogP) is 2.28. The summed E-state index contributed by atoms with van der Waals surface area (Å²) in [6, 6.07) is 7.78. The van der Waals surface area contributed by atoms with Crippen LogP contribution in [0.1, 0.15) is 24.8 Å². The Bertz CT molecular complexity index is 357. The smallest absolute Gasteiger partial charge is 0.285 e. The van der Waals surface area contributed by atoms with Crippen molar-refractivity contribution in [2.75, 3.05) is 13.2 Å². The van der Waals surface area contributed by atoms with Crippen molar-refractivity contribution in [3.63, 3.8) is 0 Å². The van der Waals surface area contributed by atoms with E-state index in [1.165, 1.54) is 12.1 Å². The molecule has 0 aromatic heterocycles. The monoisotopic (exact) mass is 241 g/mol. The number of benzene rings is 1. The summed E-state index contributed by atoms with van der Waals surface area (Å²) in [4.78, 5) is 0. The zero-order chi connectivity index (χ0) is 12.4. The highest BCUT2D eigenvalue weighted by Gasteiger charge is 2.40. The van der Waals surface area contributed by atoms with E-state index in [0.29, 0.717) is 0 Å². The topological polar surface area (TPSA) is 32.3 Å². The van der Waals surface area contributed by atoms with Gasteiger partial charge in [-0.3, -0.25) is 0 Å². The van der Waals surface area contributed by atoms with Gasteiger partial charge < -0.3 is 10.4 Å². The van der Waals surface area contributed by atoms with E-state index in [0.717, 1.165) is 19.3 Å². The maximum atomic E-state index is 13.8. The average Bonchev–Trinajstić information content (AvgIpc) is 2.29. The van der Waals surface area contributed by atoms with Crippen molar-refractivity contribution in [1.29, 1.82) is 0 Å². The molecule has 94 valence electrons. The molecular formula is C13H17F2NO. The third kappa shape index (κ3) is 2.64. The van der Waals surface area contributed by atoms with Crippen molar-refractivity contribution in [2.45, 2.75) is 30.7 Å². The second kappa shape index (κ2) is 4.70. The molecule has 0 spiro atoms. The fourth-order valence-electron chi connectivity index (χ4n) is 2.08. The van der Waals surface area contributed by atoms with Gasteiger partial charge in [-0.1, -0.05) is 30.3 Å². The molecule has 0 atom stereocenters. The molecule has 1 aromatic carbocycles. The van der Waals surface area contributed by atoms with Crippen molar-refractivity contribution in [3.05, 3.63) is 35.9 Å². The lowest BCUT2D eigenvalue weighted by atomic mass is 9.77. The van der Waals surface area contributed by atoms with Gasteiger partial charge in [0, 0.05) is 11.1 Å². The third-order valence-corrected chi connectivity index (χ3v) is 3.49. The van der Waals surface area contributed by atoms with Gasteiger partial charge in [-0.25, -0.2) is 0 Å². The molecule has 1 aliphatic rings. The second-order valence-electron chi connectivity index (χ2n) is 4.72. The zero-order valence-corrected chi connectivity index (χ0v) is 9.63. The number of hydrogen-bond donors (Lipinski definition) is 2. The van der Waals surface area contributed by atoms with Crippen LogP contribution in [-0.2, 0) is 5.92 Å². The average molecular weight is 241 g/mol. The minimum Gasteiger partial charge on any atom is -0.394 e. The molecule has 0 amide bonds. The third-order valence-electron chi connectivity index (χ3n) is 3.49. The fraction of sp³-hybridized carbons (Fsp3) is 0.538. The molecule has 0 unspecified atom stereocenters. The quantitative estimate of drug-likeness (QED) is 0.829. The number of alkyl halides is 2. The Morgan fingerprint density at radius 1 is 1.24 bits per heavy atom. The summed E-state index contributed by atoms with van der Waals surface area (Å²) in [6.07, 6.45) is 2.53. The molecule has 0 aliphatic heterocycles. The molecule has 2 nitrogen and oxygen atoms in total. The first-order chi connectivity index (χ1) is 8.08. The SMILES string of the molecule is OCC1(NCC(F)(F)c2ccccc2)CCC1. The number of rotatable bonds is 5. The summed E-state index contributed by atoms with van der Waals surface area (Å²) in [6.45, 7) is -0.491. The highest BCUT2D eigenvalue weighted by molar-refractivity contribution is 5.20. The molecule has 0 radical (unpaired) electrons. The van der Waals surface area contributed by atoms with Crippen molar-refractivity contribution in [3.8, 4) is 0 Å². The van der Waals surface area contributed by atoms with Gasteiger partial charge in [0.25, 0.3) is 5.92 Å². The van der Waals surface area contributed by atoms with Crippen LogP contribution in [0.3, 0.4) is 0 Å². The first-order valence-electron chi connectivity index (χ1n) is 5.87. The fourth-order valence-corrected chi connectivity index (χ4v) is 2.08. The van der Waals surface area contributed by atoms with Crippen molar-refractivity contribution in [2.24, 2.45) is 0 Å². The Hall–Kier alpha value is -1.00. The van der Waals surface area contributed by atoms with Gasteiger partial charge in [-0.2, -0.15) is 8.78 Å². The molecule has 2 N–H and O–H groups in total. The van der Waals surface area contributed by atoms with Crippen molar-refractivity contribution in [1.82, 2.24) is 5.32 Å². The summed E-state index contributed by atoms with van der Waals surface area (Å²) in [5.74, 6) is -2.89. The standard InChI is InChI=1S/C13H17F2NO/c14-13(15,11-5-2-1-3-6-11)9-16-12(10-17)7-4-8-12/h1-3,5-6,16-17H,4,7-10H2. The van der Waals surface area contributed by atoms with E-state index in [1.807, 2.05) is 0 Å². The Kier molecular flexibility index (Phi) is 3.45. The van der Waals surface area contributed by atoms with E-state index in [2.05, 4.69) is 5.32 Å². The summed E-state index contributed by atoms with van der Waals surface area (Å²) in [7, 11) is 0. The number of aliphatic hydroxyl groups excluding tert-OH is 1. The molecule has 2 rings (SSSR count). The predicted molar refractivity (Wildman–Crippen MR) is 62.0 cm³/mol. The molecule has 1 aromatic rings. The Morgan fingerprint density at radius 3 is 2.35 bits per heavy atom. The molecule has 4 heteroatoms. The van der Waals surface area contributed by atoms with Crippen LogP contribution in [0, 0.1) is 0 Å². The highest BCUT2D eigenvalue weighted by Crippen LogP contribution is 2.33. The molecule has 0 heterocycles. The minimum absolute atomic E-state index is 0.0138. The van der Waals surface area contributed by atoms with E-state index < -0.39 is 18.0 Å². The molecule has 0 saturated heterocycles. The van der Waals surface area contributed by atoms with Crippen LogP contribution in [0.15, 0.2) is 30.3 Å². The lowest BCUT2D eigenvalue weighted by Crippen LogP contribution is -2.56. The summed E-state index contributed by atoms with van der Waals surface area (Å²) >= 11 is 0. The van der Waals surface area contributed by atoms with Crippen LogP contribution in [0.5, 0.6) is 0 Å². The highest BCUT2D eigenvalue weighted by atomic mass is 19.3. The van der Waals surface area contributed by atoms with E-state index in [1.54, 1.807) is 18.2 Å². The van der Waals surface area contributed by atoms with Crippen molar-refractivity contribution >= 4 is 0 Å². The van der Waals surface area contributed by atoms with Crippen LogP contribution in [0.2, 0.25) is 0 Å². The Balaban J connectivity index is 1.98. The summed E-state index contributed by atoms with van der Waals surface area (Å²) in [5, 5.41) is 12.0. The maximum Gasteiger partial charge on any atom is 0.285 e. The Morgan fingerprint density at radius 2 is 1.88 bits per heavy atom. The molecule has 1 saturated carbocycles. The van der Waals surface area contributed by atoms with Gasteiger partial charge in [0.15, 0.2) is 0 Å². The van der Waals surface area contributed by atoms with E-state index >= 15 is 0 Å². The van der Waals surface area contributed by atoms with Crippen LogP contribution < -0.4 is 5.32 Å². The number of hydrogen-bond acceptors (Lipinski definition) is 2. The maximum absolute atomic E-state index is 13.8.